The molecule has 0 heterocycles. The summed E-state index contributed by atoms with van der Waals surface area (Å²) in [5.41, 5.74) is 0.141. The van der Waals surface area contributed by atoms with Gasteiger partial charge in [-0.2, -0.15) is 0 Å². The van der Waals surface area contributed by atoms with Crippen LogP contribution in [0.4, 0.5) is 9.18 Å². The fourth-order valence-corrected chi connectivity index (χ4v) is 1.60. The highest BCUT2D eigenvalue weighted by Gasteiger charge is 2.18. The van der Waals surface area contributed by atoms with Crippen molar-refractivity contribution in [1.82, 2.24) is 10.6 Å². The van der Waals surface area contributed by atoms with Crippen LogP contribution in [-0.2, 0) is 4.79 Å². The van der Waals surface area contributed by atoms with Gasteiger partial charge in [-0.15, -0.1) is 0 Å². The summed E-state index contributed by atoms with van der Waals surface area (Å²) in [6.07, 6.45) is -1.90. The maximum atomic E-state index is 13.7. The van der Waals surface area contributed by atoms with Crippen molar-refractivity contribution in [3.63, 3.8) is 0 Å². The number of hydrogen-bond acceptors (Lipinski definition) is 4. The highest BCUT2D eigenvalue weighted by atomic mass is 19.1. The van der Waals surface area contributed by atoms with E-state index in [1.54, 1.807) is 6.92 Å². The third-order valence-corrected chi connectivity index (χ3v) is 2.68. The number of benzene rings is 1. The Morgan fingerprint density at radius 2 is 2.05 bits per heavy atom. The van der Waals surface area contributed by atoms with Crippen molar-refractivity contribution in [2.24, 2.45) is 0 Å². The van der Waals surface area contributed by atoms with Gasteiger partial charge in [0.1, 0.15) is 11.6 Å². The molecule has 0 aliphatic carbocycles. The Morgan fingerprint density at radius 3 is 2.57 bits per heavy atom. The lowest BCUT2D eigenvalue weighted by Gasteiger charge is -2.15. The highest BCUT2D eigenvalue weighted by Crippen LogP contribution is 2.22. The Kier molecular flexibility index (Phi) is 6.10. The number of halogens is 1. The van der Waals surface area contributed by atoms with Crippen molar-refractivity contribution >= 4 is 11.9 Å². The molecule has 0 aliphatic rings. The zero-order valence-corrected chi connectivity index (χ0v) is 12.1. The zero-order chi connectivity index (χ0) is 16.0. The quantitative estimate of drug-likeness (QED) is 0.768. The molecule has 0 spiro atoms. The Balaban J connectivity index is 2.66. The molecule has 0 saturated heterocycles. The highest BCUT2D eigenvalue weighted by molar-refractivity contribution is 5.96. The lowest BCUT2D eigenvalue weighted by molar-refractivity contribution is -0.126. The molecular weight excluding hydrogens is 279 g/mol. The van der Waals surface area contributed by atoms with Gasteiger partial charge in [-0.1, -0.05) is 0 Å². The molecule has 0 bridgehead atoms. The summed E-state index contributed by atoms with van der Waals surface area (Å²) in [4.78, 5) is 22.9. The number of aliphatic hydroxyl groups is 1. The molecule has 7 heteroatoms. The van der Waals surface area contributed by atoms with E-state index in [-0.39, 0.29) is 11.3 Å². The van der Waals surface area contributed by atoms with Crippen LogP contribution in [-0.4, -0.2) is 29.7 Å². The van der Waals surface area contributed by atoms with E-state index in [9.17, 15) is 19.1 Å². The van der Waals surface area contributed by atoms with Gasteiger partial charge in [-0.25, -0.2) is 9.18 Å². The van der Waals surface area contributed by atoms with Crippen LogP contribution in [0.25, 0.3) is 0 Å². The monoisotopic (exact) mass is 298 g/mol. The average Bonchev–Trinajstić information content (AvgIpc) is 2.38. The number of nitrogens with one attached hydrogen (secondary N) is 2. The van der Waals surface area contributed by atoms with Crippen LogP contribution in [0.1, 0.15) is 32.4 Å². The van der Waals surface area contributed by atoms with E-state index in [1.165, 1.54) is 26.0 Å². The number of carbonyl (C=O) groups excluding carboxylic acids is 2. The summed E-state index contributed by atoms with van der Waals surface area (Å²) >= 11 is 0. The lowest BCUT2D eigenvalue weighted by atomic mass is 10.1. The number of imide groups is 1. The van der Waals surface area contributed by atoms with Crippen LogP contribution in [0.15, 0.2) is 18.2 Å². The number of urea groups is 1. The number of amides is 3. The molecule has 0 fully saturated rings. The van der Waals surface area contributed by atoms with Crippen LogP contribution in [0.2, 0.25) is 0 Å². The van der Waals surface area contributed by atoms with Crippen LogP contribution < -0.4 is 15.4 Å². The molecule has 0 saturated carbocycles. The first kappa shape index (κ1) is 16.9. The summed E-state index contributed by atoms with van der Waals surface area (Å²) in [6.45, 7) is 4.99. The van der Waals surface area contributed by atoms with Gasteiger partial charge in [0.05, 0.1) is 6.10 Å². The first-order valence-electron chi connectivity index (χ1n) is 6.58. The second-order valence-electron chi connectivity index (χ2n) is 4.47. The van der Waals surface area contributed by atoms with Gasteiger partial charge in [-0.3, -0.25) is 10.1 Å². The molecule has 21 heavy (non-hydrogen) atoms. The Bertz CT molecular complexity index is 520. The van der Waals surface area contributed by atoms with Gasteiger partial charge in [-0.05, 0) is 32.9 Å². The van der Waals surface area contributed by atoms with Gasteiger partial charge in [0.15, 0.2) is 6.10 Å². The average molecular weight is 298 g/mol. The molecule has 0 aliphatic heterocycles. The minimum absolute atomic E-state index is 0.135. The van der Waals surface area contributed by atoms with Crippen molar-refractivity contribution < 1.29 is 23.8 Å². The van der Waals surface area contributed by atoms with Crippen LogP contribution in [0.3, 0.4) is 0 Å². The lowest BCUT2D eigenvalue weighted by Crippen LogP contribution is -2.45. The molecule has 116 valence electrons. The van der Waals surface area contributed by atoms with Crippen molar-refractivity contribution in [2.75, 3.05) is 6.54 Å². The van der Waals surface area contributed by atoms with Gasteiger partial charge in [0, 0.05) is 18.2 Å². The van der Waals surface area contributed by atoms with Gasteiger partial charge >= 0.3 is 6.03 Å². The summed E-state index contributed by atoms with van der Waals surface area (Å²) in [5.74, 6) is -1.13. The summed E-state index contributed by atoms with van der Waals surface area (Å²) in [5, 5.41) is 13.8. The molecule has 3 N–H and O–H groups in total. The van der Waals surface area contributed by atoms with E-state index >= 15 is 0 Å². The zero-order valence-electron chi connectivity index (χ0n) is 12.1. The van der Waals surface area contributed by atoms with Gasteiger partial charge in [0.2, 0.25) is 0 Å². The Labute approximate surface area is 122 Å². The molecule has 2 atom stereocenters. The number of ether oxygens (including phenoxy) is 1. The van der Waals surface area contributed by atoms with Crippen LogP contribution >= 0.6 is 0 Å². The van der Waals surface area contributed by atoms with E-state index < -0.39 is 30.0 Å². The molecule has 6 nitrogen and oxygen atoms in total. The van der Waals surface area contributed by atoms with E-state index in [4.69, 9.17) is 4.74 Å². The third kappa shape index (κ3) is 5.03. The predicted octanol–water partition coefficient (Wildman–Crippen LogP) is 1.49. The second-order valence-corrected chi connectivity index (χ2v) is 4.47. The third-order valence-electron chi connectivity index (χ3n) is 2.68. The largest absolute Gasteiger partial charge is 0.481 e. The molecule has 0 aromatic heterocycles. The van der Waals surface area contributed by atoms with Crippen molar-refractivity contribution in [3.8, 4) is 5.75 Å². The summed E-state index contributed by atoms with van der Waals surface area (Å²) < 4.78 is 18.9. The van der Waals surface area contributed by atoms with Crippen molar-refractivity contribution in [2.45, 2.75) is 33.0 Å². The van der Waals surface area contributed by atoms with Gasteiger partial charge in [0.25, 0.3) is 5.91 Å². The first-order chi connectivity index (χ1) is 9.85. The molecule has 3 amide bonds. The van der Waals surface area contributed by atoms with Crippen molar-refractivity contribution in [1.29, 1.82) is 0 Å². The number of carbonyl (C=O) groups is 2. The molecule has 1 aromatic carbocycles. The molecule has 0 radical (unpaired) electrons. The summed E-state index contributed by atoms with van der Waals surface area (Å²) in [6, 6.07) is 3.29. The Hall–Kier alpha value is -2.15. The van der Waals surface area contributed by atoms with E-state index in [0.29, 0.717) is 6.54 Å². The molecule has 1 rings (SSSR count). The SMILES string of the molecule is CCNC(=O)NC(=O)C(C)Oc1ccc(C(C)O)c(F)c1. The fraction of sp³-hybridized carbons (Fsp3) is 0.429. The van der Waals surface area contributed by atoms with Crippen LogP contribution in [0.5, 0.6) is 5.75 Å². The topological polar surface area (TPSA) is 87.7 Å². The van der Waals surface area contributed by atoms with Crippen LogP contribution in [0, 0.1) is 5.82 Å². The summed E-state index contributed by atoms with van der Waals surface area (Å²) in [7, 11) is 0. The fourth-order valence-electron chi connectivity index (χ4n) is 1.60. The maximum Gasteiger partial charge on any atom is 0.321 e. The number of aliphatic hydroxyl groups excluding tert-OH is 1. The van der Waals surface area contributed by atoms with E-state index in [1.807, 2.05) is 0 Å². The van der Waals surface area contributed by atoms with Gasteiger partial charge < -0.3 is 15.2 Å². The minimum Gasteiger partial charge on any atom is -0.481 e. The normalized spacial score (nSPS) is 13.2. The number of hydrogen-bond donors (Lipinski definition) is 3. The predicted molar refractivity (Wildman–Crippen MR) is 74.3 cm³/mol. The molecule has 2 unspecified atom stereocenters. The minimum atomic E-state index is -0.968. The van der Waals surface area contributed by atoms with E-state index in [2.05, 4.69) is 10.6 Å². The maximum absolute atomic E-state index is 13.7. The first-order valence-corrected chi connectivity index (χ1v) is 6.58. The Morgan fingerprint density at radius 1 is 1.38 bits per heavy atom. The standard InChI is InChI=1S/C14H19FN2O4/c1-4-16-14(20)17-13(19)9(3)21-10-5-6-11(8(2)18)12(15)7-10/h5-9,18H,4H2,1-3H3,(H2,16,17,19,20). The number of rotatable bonds is 5. The van der Waals surface area contributed by atoms with E-state index in [0.717, 1.165) is 6.07 Å². The molecule has 1 aromatic rings. The second kappa shape index (κ2) is 7.58. The molecular formula is C14H19FN2O4. The smallest absolute Gasteiger partial charge is 0.321 e. The van der Waals surface area contributed by atoms with Crippen molar-refractivity contribution in [3.05, 3.63) is 29.6 Å².